The summed E-state index contributed by atoms with van der Waals surface area (Å²) in [6.07, 6.45) is -3.28. The van der Waals surface area contributed by atoms with Crippen LogP contribution in [0.3, 0.4) is 0 Å². The number of hydrazone groups is 1. The molecule has 0 aliphatic rings. The predicted octanol–water partition coefficient (Wildman–Crippen LogP) is 3.57. The van der Waals surface area contributed by atoms with Crippen molar-refractivity contribution >= 4 is 29.2 Å². The topological polar surface area (TPSA) is 103 Å². The summed E-state index contributed by atoms with van der Waals surface area (Å²) >= 11 is 4.58. The molecule has 0 unspecified atom stereocenters. The highest BCUT2D eigenvalue weighted by Gasteiger charge is 2.30. The van der Waals surface area contributed by atoms with Crippen LogP contribution >= 0.6 is 12.2 Å². The van der Waals surface area contributed by atoms with Gasteiger partial charge in [-0.1, -0.05) is 0 Å². The van der Waals surface area contributed by atoms with Gasteiger partial charge in [-0.2, -0.15) is 18.3 Å². The SMILES string of the molecule is NC(=S)NN=Cc1cc([N+](=O)[O-])ccc1Oc1ccc(C(F)(F)F)cc1. The van der Waals surface area contributed by atoms with Crippen LogP contribution in [0.4, 0.5) is 18.9 Å². The molecule has 0 heterocycles. The Bertz CT molecular complexity index is 854. The van der Waals surface area contributed by atoms with Gasteiger partial charge < -0.3 is 10.5 Å². The molecule has 11 heteroatoms. The third-order valence-electron chi connectivity index (χ3n) is 2.99. The molecule has 136 valence electrons. The van der Waals surface area contributed by atoms with Crippen molar-refractivity contribution < 1.29 is 22.8 Å². The summed E-state index contributed by atoms with van der Waals surface area (Å²) in [6.45, 7) is 0. The Kier molecular flexibility index (Phi) is 5.72. The summed E-state index contributed by atoms with van der Waals surface area (Å²) < 4.78 is 43.3. The molecule has 2 aromatic rings. The Morgan fingerprint density at radius 3 is 2.46 bits per heavy atom. The fourth-order valence-corrected chi connectivity index (χ4v) is 1.90. The number of non-ortho nitro benzene ring substituents is 1. The van der Waals surface area contributed by atoms with Gasteiger partial charge in [0.1, 0.15) is 11.5 Å². The van der Waals surface area contributed by atoms with Crippen molar-refractivity contribution in [2.75, 3.05) is 0 Å². The number of thiocarbonyl (C=S) groups is 1. The molecule has 0 saturated heterocycles. The Balaban J connectivity index is 2.31. The average Bonchev–Trinajstić information content (AvgIpc) is 2.55. The van der Waals surface area contributed by atoms with E-state index in [-0.39, 0.29) is 27.9 Å². The molecule has 0 saturated carbocycles. The van der Waals surface area contributed by atoms with E-state index in [1.54, 1.807) is 0 Å². The molecule has 3 N–H and O–H groups in total. The van der Waals surface area contributed by atoms with Gasteiger partial charge in [-0.25, -0.2) is 0 Å². The normalized spacial score (nSPS) is 11.3. The summed E-state index contributed by atoms with van der Waals surface area (Å²) in [5.74, 6) is 0.257. The van der Waals surface area contributed by atoms with Crippen molar-refractivity contribution in [1.82, 2.24) is 5.43 Å². The van der Waals surface area contributed by atoms with Crippen LogP contribution < -0.4 is 15.9 Å². The molecule has 0 atom stereocenters. The highest BCUT2D eigenvalue weighted by Crippen LogP contribution is 2.32. The van der Waals surface area contributed by atoms with Gasteiger partial charge in [0.2, 0.25) is 0 Å². The molecule has 0 radical (unpaired) electrons. The van der Waals surface area contributed by atoms with Crippen LogP contribution in [0, 0.1) is 10.1 Å². The molecule has 0 bridgehead atoms. The summed E-state index contributed by atoms with van der Waals surface area (Å²) in [5, 5.41) is 14.5. The van der Waals surface area contributed by atoms with Crippen LogP contribution in [0.2, 0.25) is 0 Å². The molecule has 0 fully saturated rings. The number of rotatable bonds is 5. The molecule has 0 aliphatic carbocycles. The van der Waals surface area contributed by atoms with Gasteiger partial charge >= 0.3 is 6.18 Å². The van der Waals surface area contributed by atoms with Gasteiger partial charge in [-0.3, -0.25) is 15.5 Å². The molecular formula is C15H11F3N4O3S. The second-order valence-electron chi connectivity index (χ2n) is 4.84. The van der Waals surface area contributed by atoms with E-state index >= 15 is 0 Å². The van der Waals surface area contributed by atoms with E-state index < -0.39 is 16.7 Å². The molecule has 7 nitrogen and oxygen atoms in total. The molecule has 0 aromatic heterocycles. The van der Waals surface area contributed by atoms with Crippen molar-refractivity contribution in [3.63, 3.8) is 0 Å². The Labute approximate surface area is 150 Å². The van der Waals surface area contributed by atoms with E-state index in [0.717, 1.165) is 24.3 Å². The number of nitrogens with zero attached hydrogens (tertiary/aromatic N) is 2. The van der Waals surface area contributed by atoms with Gasteiger partial charge in [0.05, 0.1) is 16.7 Å². The molecule has 0 spiro atoms. The van der Waals surface area contributed by atoms with E-state index in [1.807, 2.05) is 0 Å². The molecule has 2 rings (SSSR count). The predicted molar refractivity (Wildman–Crippen MR) is 92.1 cm³/mol. The second-order valence-corrected chi connectivity index (χ2v) is 5.28. The number of hydrogen-bond donors (Lipinski definition) is 2. The van der Waals surface area contributed by atoms with Crippen molar-refractivity contribution in [3.8, 4) is 11.5 Å². The Morgan fingerprint density at radius 1 is 1.27 bits per heavy atom. The Hall–Kier alpha value is -3.21. The standard InChI is InChI=1S/C15H11F3N4O3S/c16-15(17,18)10-1-4-12(5-2-10)25-13-6-3-11(22(23)24)7-9(13)8-20-21-14(19)26/h1-8H,(H3,19,21,26). The van der Waals surface area contributed by atoms with Crippen LogP contribution in [-0.4, -0.2) is 16.3 Å². The van der Waals surface area contributed by atoms with E-state index in [2.05, 4.69) is 22.7 Å². The van der Waals surface area contributed by atoms with Crippen molar-refractivity contribution in [2.24, 2.45) is 10.8 Å². The Morgan fingerprint density at radius 2 is 1.92 bits per heavy atom. The third-order valence-corrected chi connectivity index (χ3v) is 3.08. The fraction of sp³-hybridized carbons (Fsp3) is 0.0667. The first-order valence-corrected chi connectivity index (χ1v) is 7.29. The number of nitrogens with one attached hydrogen (secondary N) is 1. The summed E-state index contributed by atoms with van der Waals surface area (Å²) in [6, 6.07) is 7.68. The van der Waals surface area contributed by atoms with Crippen LogP contribution in [0.5, 0.6) is 11.5 Å². The highest BCUT2D eigenvalue weighted by atomic mass is 32.1. The number of nitro groups is 1. The smallest absolute Gasteiger partial charge is 0.416 e. The molecule has 0 amide bonds. The van der Waals surface area contributed by atoms with Gasteiger partial charge in [0.15, 0.2) is 5.11 Å². The van der Waals surface area contributed by atoms with Crippen molar-refractivity contribution in [1.29, 1.82) is 0 Å². The molecule has 0 aliphatic heterocycles. The number of nitrogens with two attached hydrogens (primary N) is 1. The van der Waals surface area contributed by atoms with E-state index in [4.69, 9.17) is 10.5 Å². The minimum atomic E-state index is -4.46. The van der Waals surface area contributed by atoms with Crippen LogP contribution in [0.1, 0.15) is 11.1 Å². The zero-order valence-electron chi connectivity index (χ0n) is 12.9. The zero-order chi connectivity index (χ0) is 19.3. The second kappa shape index (κ2) is 7.78. The van der Waals surface area contributed by atoms with Crippen LogP contribution in [0.15, 0.2) is 47.6 Å². The summed E-state index contributed by atoms with van der Waals surface area (Å²) in [5.41, 5.74) is 6.66. The maximum absolute atomic E-state index is 12.6. The quantitative estimate of drug-likeness (QED) is 0.354. The monoisotopic (exact) mass is 384 g/mol. The van der Waals surface area contributed by atoms with E-state index in [9.17, 15) is 23.3 Å². The lowest BCUT2D eigenvalue weighted by Gasteiger charge is -2.10. The number of nitro benzene ring substituents is 1. The molecule has 26 heavy (non-hydrogen) atoms. The third kappa shape index (κ3) is 5.14. The van der Waals surface area contributed by atoms with E-state index in [1.165, 1.54) is 24.4 Å². The number of halogens is 3. The minimum Gasteiger partial charge on any atom is -0.457 e. The van der Waals surface area contributed by atoms with Gasteiger partial charge in [-0.05, 0) is 42.5 Å². The van der Waals surface area contributed by atoms with Gasteiger partial charge in [-0.15, -0.1) is 0 Å². The average molecular weight is 384 g/mol. The first-order valence-electron chi connectivity index (χ1n) is 6.89. The zero-order valence-corrected chi connectivity index (χ0v) is 13.7. The van der Waals surface area contributed by atoms with Gasteiger partial charge in [0.25, 0.3) is 5.69 Å². The molecule has 2 aromatic carbocycles. The minimum absolute atomic E-state index is 0.114. The lowest BCUT2D eigenvalue weighted by Crippen LogP contribution is -2.24. The van der Waals surface area contributed by atoms with Crippen LogP contribution in [-0.2, 0) is 6.18 Å². The van der Waals surface area contributed by atoms with Crippen molar-refractivity contribution in [3.05, 3.63) is 63.7 Å². The maximum atomic E-state index is 12.6. The summed E-state index contributed by atoms with van der Waals surface area (Å²) in [4.78, 5) is 10.3. The first-order chi connectivity index (χ1) is 12.2. The number of hydrogen-bond acceptors (Lipinski definition) is 5. The highest BCUT2D eigenvalue weighted by molar-refractivity contribution is 7.80. The van der Waals surface area contributed by atoms with E-state index in [0.29, 0.717) is 0 Å². The molecular weight excluding hydrogens is 373 g/mol. The van der Waals surface area contributed by atoms with Crippen LogP contribution in [0.25, 0.3) is 0 Å². The van der Waals surface area contributed by atoms with Crippen molar-refractivity contribution in [2.45, 2.75) is 6.18 Å². The first kappa shape index (κ1) is 19.1. The lowest BCUT2D eigenvalue weighted by molar-refractivity contribution is -0.384. The number of alkyl halides is 3. The maximum Gasteiger partial charge on any atom is 0.416 e. The number of ether oxygens (including phenoxy) is 1. The fourth-order valence-electron chi connectivity index (χ4n) is 1.85. The largest absolute Gasteiger partial charge is 0.457 e. The van der Waals surface area contributed by atoms with Gasteiger partial charge in [0, 0.05) is 17.7 Å². The lowest BCUT2D eigenvalue weighted by atomic mass is 10.2. The summed E-state index contributed by atoms with van der Waals surface area (Å²) in [7, 11) is 0. The number of benzene rings is 2.